The number of benzene rings is 6. The van der Waals surface area contributed by atoms with E-state index in [1.165, 1.54) is 22.3 Å². The summed E-state index contributed by atoms with van der Waals surface area (Å²) >= 11 is 0. The average Bonchev–Trinajstić information content (AvgIpc) is 3.27. The highest BCUT2D eigenvalue weighted by Gasteiger charge is 2.38. The minimum absolute atomic E-state index is 0.201. The quantitative estimate of drug-likeness (QED) is 0.211. The molecule has 6 aromatic carbocycles. The van der Waals surface area contributed by atoms with E-state index < -0.39 is 0 Å². The standard InChI is InChI=1S/C39H28N2O2/c1-39(2)29-23-25(40-31-11-3-7-15-35(31)42-36-16-8-4-12-32(36)40)19-21-27(29)28-22-20-26(24-30(28)39)41-33-13-5-9-17-37(33)43-38-18-10-6-14-34(38)41/h3-24H,1-2H3. The molecule has 1 aliphatic carbocycles. The number of fused-ring (bicyclic) bond motifs is 7. The maximum Gasteiger partial charge on any atom is 0.151 e. The summed E-state index contributed by atoms with van der Waals surface area (Å²) in [7, 11) is 0. The zero-order valence-electron chi connectivity index (χ0n) is 23.9. The molecule has 2 heterocycles. The van der Waals surface area contributed by atoms with Gasteiger partial charge in [0.05, 0.1) is 22.7 Å². The molecule has 4 nitrogen and oxygen atoms in total. The molecule has 0 unspecified atom stereocenters. The lowest BCUT2D eigenvalue weighted by molar-refractivity contribution is 0.477. The lowest BCUT2D eigenvalue weighted by Gasteiger charge is -2.34. The summed E-state index contributed by atoms with van der Waals surface area (Å²) in [6.07, 6.45) is 0. The van der Waals surface area contributed by atoms with Crippen LogP contribution >= 0.6 is 0 Å². The summed E-state index contributed by atoms with van der Waals surface area (Å²) in [4.78, 5) is 4.64. The van der Waals surface area contributed by atoms with Gasteiger partial charge in [-0.05, 0) is 95.1 Å². The fraction of sp³-hybridized carbons (Fsp3) is 0.0769. The predicted octanol–water partition coefficient (Wildman–Crippen LogP) is 11.1. The molecule has 4 heteroatoms. The van der Waals surface area contributed by atoms with Crippen LogP contribution in [0.1, 0.15) is 25.0 Å². The van der Waals surface area contributed by atoms with Crippen molar-refractivity contribution in [2.75, 3.05) is 9.80 Å². The van der Waals surface area contributed by atoms with Gasteiger partial charge in [0.2, 0.25) is 0 Å². The molecular formula is C39H28N2O2. The van der Waals surface area contributed by atoms with E-state index in [9.17, 15) is 0 Å². The molecule has 0 aromatic heterocycles. The Morgan fingerprint density at radius 2 is 0.744 bits per heavy atom. The Labute approximate surface area is 251 Å². The third-order valence-corrected chi connectivity index (χ3v) is 9.02. The Hall–Kier alpha value is -5.48. The van der Waals surface area contributed by atoms with E-state index in [0.717, 1.165) is 57.1 Å². The zero-order valence-corrected chi connectivity index (χ0v) is 23.9. The van der Waals surface area contributed by atoms with E-state index in [0.29, 0.717) is 0 Å². The number of hydrogen-bond acceptors (Lipinski definition) is 4. The van der Waals surface area contributed by atoms with Gasteiger partial charge in [0.25, 0.3) is 0 Å². The first-order valence-electron chi connectivity index (χ1n) is 14.7. The van der Waals surface area contributed by atoms with Crippen LogP contribution in [0.15, 0.2) is 133 Å². The molecule has 0 saturated heterocycles. The van der Waals surface area contributed by atoms with Gasteiger partial charge in [-0.15, -0.1) is 0 Å². The summed E-state index contributed by atoms with van der Waals surface area (Å²) in [5, 5.41) is 0. The van der Waals surface area contributed by atoms with Crippen molar-refractivity contribution in [2.24, 2.45) is 0 Å². The minimum atomic E-state index is -0.201. The van der Waals surface area contributed by atoms with Crippen LogP contribution in [-0.2, 0) is 5.41 Å². The molecule has 3 aliphatic rings. The molecule has 0 bridgehead atoms. The maximum absolute atomic E-state index is 6.28. The fourth-order valence-corrected chi connectivity index (χ4v) is 6.96. The molecule has 0 spiro atoms. The van der Waals surface area contributed by atoms with Crippen molar-refractivity contribution in [3.8, 4) is 34.1 Å². The van der Waals surface area contributed by atoms with Crippen LogP contribution in [0.2, 0.25) is 0 Å². The number of para-hydroxylation sites is 8. The molecule has 0 amide bonds. The predicted molar refractivity (Wildman–Crippen MR) is 174 cm³/mol. The van der Waals surface area contributed by atoms with Crippen LogP contribution in [0.3, 0.4) is 0 Å². The first-order chi connectivity index (χ1) is 21.1. The number of nitrogens with zero attached hydrogens (tertiary/aromatic N) is 2. The summed E-state index contributed by atoms with van der Waals surface area (Å²) < 4.78 is 12.6. The Kier molecular flexibility index (Phi) is 4.92. The Morgan fingerprint density at radius 3 is 1.09 bits per heavy atom. The average molecular weight is 557 g/mol. The van der Waals surface area contributed by atoms with Crippen molar-refractivity contribution in [1.29, 1.82) is 0 Å². The van der Waals surface area contributed by atoms with Crippen molar-refractivity contribution in [3.05, 3.63) is 145 Å². The van der Waals surface area contributed by atoms with E-state index in [-0.39, 0.29) is 5.41 Å². The van der Waals surface area contributed by atoms with Crippen LogP contribution in [-0.4, -0.2) is 0 Å². The molecular weight excluding hydrogens is 528 g/mol. The number of anilines is 6. The minimum Gasteiger partial charge on any atom is -0.453 e. The van der Waals surface area contributed by atoms with Crippen molar-refractivity contribution < 1.29 is 9.47 Å². The van der Waals surface area contributed by atoms with Gasteiger partial charge >= 0.3 is 0 Å². The SMILES string of the molecule is CC1(C)c2cc(N3c4ccccc4Oc4ccccc43)ccc2-c2ccc(N3c4ccccc4Oc4ccccc43)cc21. The van der Waals surface area contributed by atoms with E-state index in [1.807, 2.05) is 48.5 Å². The largest absolute Gasteiger partial charge is 0.453 e. The molecule has 0 saturated carbocycles. The highest BCUT2D eigenvalue weighted by molar-refractivity contribution is 5.92. The molecule has 206 valence electrons. The highest BCUT2D eigenvalue weighted by Crippen LogP contribution is 2.56. The first kappa shape index (κ1) is 24.2. The van der Waals surface area contributed by atoms with Crippen LogP contribution in [0.5, 0.6) is 23.0 Å². The zero-order chi connectivity index (χ0) is 28.7. The molecule has 6 aromatic rings. The summed E-state index contributed by atoms with van der Waals surface area (Å²) in [6.45, 7) is 4.68. The van der Waals surface area contributed by atoms with Crippen LogP contribution in [0.4, 0.5) is 34.1 Å². The lowest BCUT2D eigenvalue weighted by atomic mass is 9.82. The molecule has 43 heavy (non-hydrogen) atoms. The normalized spacial score (nSPS) is 14.7. The van der Waals surface area contributed by atoms with E-state index in [4.69, 9.17) is 9.47 Å². The topological polar surface area (TPSA) is 24.9 Å². The third-order valence-electron chi connectivity index (χ3n) is 9.02. The molecule has 2 aliphatic heterocycles. The van der Waals surface area contributed by atoms with Gasteiger partial charge in [-0.3, -0.25) is 0 Å². The van der Waals surface area contributed by atoms with Gasteiger partial charge < -0.3 is 19.3 Å². The molecule has 0 N–H and O–H groups in total. The van der Waals surface area contributed by atoms with Gasteiger partial charge in [0.15, 0.2) is 23.0 Å². The van der Waals surface area contributed by atoms with Crippen molar-refractivity contribution in [1.82, 2.24) is 0 Å². The molecule has 9 rings (SSSR count). The van der Waals surface area contributed by atoms with Crippen molar-refractivity contribution >= 4 is 34.1 Å². The van der Waals surface area contributed by atoms with Crippen LogP contribution in [0.25, 0.3) is 11.1 Å². The van der Waals surface area contributed by atoms with Gasteiger partial charge in [-0.25, -0.2) is 0 Å². The van der Waals surface area contributed by atoms with E-state index >= 15 is 0 Å². The van der Waals surface area contributed by atoms with Gasteiger partial charge in [-0.2, -0.15) is 0 Å². The number of ether oxygens (including phenoxy) is 2. The summed E-state index contributed by atoms with van der Waals surface area (Å²) in [6, 6.07) is 46.8. The highest BCUT2D eigenvalue weighted by atomic mass is 16.5. The van der Waals surface area contributed by atoms with Gasteiger partial charge in [-0.1, -0.05) is 74.5 Å². The number of hydrogen-bond donors (Lipinski definition) is 0. The second kappa shape index (κ2) is 8.76. The third kappa shape index (κ3) is 3.44. The van der Waals surface area contributed by atoms with Gasteiger partial charge in [0.1, 0.15) is 0 Å². The Bertz CT molecular complexity index is 1860. The summed E-state index contributed by atoms with van der Waals surface area (Å²) in [5.41, 5.74) is 11.4. The van der Waals surface area contributed by atoms with Crippen LogP contribution in [0, 0.1) is 0 Å². The number of rotatable bonds is 2. The molecule has 0 radical (unpaired) electrons. The molecule has 0 fully saturated rings. The van der Waals surface area contributed by atoms with Crippen LogP contribution < -0.4 is 19.3 Å². The van der Waals surface area contributed by atoms with Crippen molar-refractivity contribution in [2.45, 2.75) is 19.3 Å². The maximum atomic E-state index is 6.28. The lowest BCUT2D eigenvalue weighted by Crippen LogP contribution is -2.19. The summed E-state index contributed by atoms with van der Waals surface area (Å²) in [5.74, 6) is 3.44. The fourth-order valence-electron chi connectivity index (χ4n) is 6.96. The van der Waals surface area contributed by atoms with E-state index in [1.54, 1.807) is 0 Å². The second-order valence-corrected chi connectivity index (χ2v) is 11.8. The Balaban J connectivity index is 1.18. The Morgan fingerprint density at radius 1 is 0.419 bits per heavy atom. The van der Waals surface area contributed by atoms with Gasteiger partial charge in [0, 0.05) is 16.8 Å². The smallest absolute Gasteiger partial charge is 0.151 e. The second-order valence-electron chi connectivity index (χ2n) is 11.8. The van der Waals surface area contributed by atoms with E-state index in [2.05, 4.69) is 109 Å². The van der Waals surface area contributed by atoms with Crippen molar-refractivity contribution in [3.63, 3.8) is 0 Å². The monoisotopic (exact) mass is 556 g/mol. The molecule has 0 atom stereocenters. The first-order valence-corrected chi connectivity index (χ1v) is 14.7.